The number of para-hydroxylation sites is 2. The first-order valence-electron chi connectivity index (χ1n) is 8.37. The second-order valence-corrected chi connectivity index (χ2v) is 5.65. The minimum absolute atomic E-state index is 0.129. The van der Waals surface area contributed by atoms with E-state index in [1.54, 1.807) is 31.2 Å². The molecule has 0 unspecified atom stereocenters. The molecule has 1 amide bonds. The number of benzene rings is 2. The van der Waals surface area contributed by atoms with Gasteiger partial charge in [0, 0.05) is 0 Å². The zero-order valence-corrected chi connectivity index (χ0v) is 15.8. The SMILES string of the molecule is CCOc1ccccc1OCC(=O)NN=Cc1cc(Cl)c(O)c(OCC)c1. The number of aromatic hydroxyl groups is 1. The quantitative estimate of drug-likeness (QED) is 0.504. The Kier molecular flexibility index (Phi) is 7.76. The van der Waals surface area contributed by atoms with E-state index in [0.29, 0.717) is 30.3 Å². The molecule has 2 aromatic carbocycles. The number of nitrogens with zero attached hydrogens (tertiary/aromatic N) is 1. The highest BCUT2D eigenvalue weighted by Gasteiger charge is 2.09. The number of phenolic OH excluding ortho intramolecular Hbond substituents is 1. The summed E-state index contributed by atoms with van der Waals surface area (Å²) in [5.41, 5.74) is 2.92. The summed E-state index contributed by atoms with van der Waals surface area (Å²) < 4.78 is 16.2. The van der Waals surface area contributed by atoms with Crippen LogP contribution in [0.25, 0.3) is 0 Å². The average molecular weight is 393 g/mol. The molecule has 144 valence electrons. The fourth-order valence-electron chi connectivity index (χ4n) is 2.13. The molecule has 0 aliphatic heterocycles. The van der Waals surface area contributed by atoms with Crippen LogP contribution in [0.15, 0.2) is 41.5 Å². The van der Waals surface area contributed by atoms with Gasteiger partial charge in [0.05, 0.1) is 24.5 Å². The minimum atomic E-state index is -0.438. The van der Waals surface area contributed by atoms with Gasteiger partial charge in [0.15, 0.2) is 29.6 Å². The van der Waals surface area contributed by atoms with Gasteiger partial charge in [-0.25, -0.2) is 5.43 Å². The maximum absolute atomic E-state index is 11.9. The molecular weight excluding hydrogens is 372 g/mol. The Balaban J connectivity index is 1.92. The Morgan fingerprint density at radius 2 is 1.74 bits per heavy atom. The van der Waals surface area contributed by atoms with E-state index in [1.165, 1.54) is 12.3 Å². The highest BCUT2D eigenvalue weighted by Crippen LogP contribution is 2.34. The summed E-state index contributed by atoms with van der Waals surface area (Å²) >= 11 is 5.94. The number of nitrogens with one attached hydrogen (secondary N) is 1. The molecule has 0 spiro atoms. The lowest BCUT2D eigenvalue weighted by Crippen LogP contribution is -2.24. The van der Waals surface area contributed by atoms with Gasteiger partial charge in [-0.05, 0) is 43.7 Å². The van der Waals surface area contributed by atoms with Crippen LogP contribution in [0.1, 0.15) is 19.4 Å². The number of hydrogen-bond donors (Lipinski definition) is 2. The summed E-state index contributed by atoms with van der Waals surface area (Å²) in [6.45, 7) is 4.31. The number of hydrazone groups is 1. The van der Waals surface area contributed by atoms with Crippen molar-refractivity contribution in [2.45, 2.75) is 13.8 Å². The molecule has 8 heteroatoms. The van der Waals surface area contributed by atoms with Gasteiger partial charge in [-0.2, -0.15) is 5.10 Å². The highest BCUT2D eigenvalue weighted by molar-refractivity contribution is 6.32. The van der Waals surface area contributed by atoms with Gasteiger partial charge >= 0.3 is 0 Å². The minimum Gasteiger partial charge on any atom is -0.503 e. The van der Waals surface area contributed by atoms with Gasteiger partial charge in [-0.3, -0.25) is 4.79 Å². The zero-order chi connectivity index (χ0) is 19.6. The summed E-state index contributed by atoms with van der Waals surface area (Å²) in [5, 5.41) is 13.8. The molecule has 0 atom stereocenters. The molecular formula is C19H21ClN2O5. The summed E-state index contributed by atoms with van der Waals surface area (Å²) in [7, 11) is 0. The summed E-state index contributed by atoms with van der Waals surface area (Å²) in [6.07, 6.45) is 1.39. The van der Waals surface area contributed by atoms with E-state index in [4.69, 9.17) is 25.8 Å². The second kappa shape index (κ2) is 10.3. The van der Waals surface area contributed by atoms with Crippen LogP contribution in [0.4, 0.5) is 0 Å². The lowest BCUT2D eigenvalue weighted by Gasteiger charge is -2.10. The van der Waals surface area contributed by atoms with E-state index < -0.39 is 5.91 Å². The van der Waals surface area contributed by atoms with E-state index in [0.717, 1.165) is 0 Å². The number of carbonyl (C=O) groups excluding carboxylic acids is 1. The maximum atomic E-state index is 11.9. The topological polar surface area (TPSA) is 89.4 Å². The van der Waals surface area contributed by atoms with Gasteiger partial charge in [0.25, 0.3) is 5.91 Å². The van der Waals surface area contributed by atoms with Gasteiger partial charge in [-0.15, -0.1) is 0 Å². The monoisotopic (exact) mass is 392 g/mol. The zero-order valence-electron chi connectivity index (χ0n) is 15.1. The highest BCUT2D eigenvalue weighted by atomic mass is 35.5. The average Bonchev–Trinajstić information content (AvgIpc) is 2.65. The lowest BCUT2D eigenvalue weighted by molar-refractivity contribution is -0.123. The van der Waals surface area contributed by atoms with Crippen LogP contribution in [-0.4, -0.2) is 37.0 Å². The smallest absolute Gasteiger partial charge is 0.277 e. The van der Waals surface area contributed by atoms with Crippen molar-refractivity contribution in [1.29, 1.82) is 0 Å². The summed E-state index contributed by atoms with van der Waals surface area (Å²) in [5.74, 6) is 0.714. The van der Waals surface area contributed by atoms with Crippen molar-refractivity contribution in [2.24, 2.45) is 5.10 Å². The molecule has 2 aromatic rings. The third-order valence-corrected chi connectivity index (χ3v) is 3.55. The molecule has 0 saturated carbocycles. The van der Waals surface area contributed by atoms with Crippen molar-refractivity contribution in [3.63, 3.8) is 0 Å². The van der Waals surface area contributed by atoms with Gasteiger partial charge in [-0.1, -0.05) is 23.7 Å². The number of hydrogen-bond acceptors (Lipinski definition) is 6. The molecule has 0 saturated heterocycles. The van der Waals surface area contributed by atoms with Crippen LogP contribution in [0.2, 0.25) is 5.02 Å². The fraction of sp³-hybridized carbons (Fsp3) is 0.263. The van der Waals surface area contributed by atoms with E-state index >= 15 is 0 Å². The first kappa shape index (κ1) is 20.4. The van der Waals surface area contributed by atoms with Crippen molar-refractivity contribution in [1.82, 2.24) is 5.43 Å². The Morgan fingerprint density at radius 3 is 2.41 bits per heavy atom. The largest absolute Gasteiger partial charge is 0.503 e. The molecule has 0 aliphatic rings. The van der Waals surface area contributed by atoms with Crippen molar-refractivity contribution in [3.05, 3.63) is 47.0 Å². The third-order valence-electron chi connectivity index (χ3n) is 3.26. The third kappa shape index (κ3) is 6.07. The molecule has 0 heterocycles. The van der Waals surface area contributed by atoms with Crippen molar-refractivity contribution in [3.8, 4) is 23.0 Å². The van der Waals surface area contributed by atoms with Gasteiger partial charge in [0.1, 0.15) is 0 Å². The molecule has 0 aliphatic carbocycles. The summed E-state index contributed by atoms with van der Waals surface area (Å²) in [4.78, 5) is 11.9. The van der Waals surface area contributed by atoms with E-state index in [-0.39, 0.29) is 23.1 Å². The maximum Gasteiger partial charge on any atom is 0.277 e. The number of amides is 1. The number of rotatable bonds is 9. The van der Waals surface area contributed by atoms with Crippen LogP contribution in [-0.2, 0) is 4.79 Å². The number of ether oxygens (including phenoxy) is 3. The number of phenols is 1. The molecule has 0 bridgehead atoms. The van der Waals surface area contributed by atoms with Crippen LogP contribution in [0.3, 0.4) is 0 Å². The Hall–Kier alpha value is -2.93. The summed E-state index contributed by atoms with van der Waals surface area (Å²) in [6, 6.07) is 10.2. The van der Waals surface area contributed by atoms with E-state index in [9.17, 15) is 9.90 Å². The molecule has 0 aromatic heterocycles. The Bertz CT molecular complexity index is 811. The normalized spacial score (nSPS) is 10.6. The van der Waals surface area contributed by atoms with Crippen LogP contribution in [0, 0.1) is 0 Å². The van der Waals surface area contributed by atoms with Crippen LogP contribution < -0.4 is 19.6 Å². The fourth-order valence-corrected chi connectivity index (χ4v) is 2.35. The van der Waals surface area contributed by atoms with Crippen molar-refractivity contribution < 1.29 is 24.1 Å². The predicted octanol–water partition coefficient (Wildman–Crippen LogP) is 3.37. The van der Waals surface area contributed by atoms with Crippen LogP contribution >= 0.6 is 11.6 Å². The van der Waals surface area contributed by atoms with Crippen molar-refractivity contribution in [2.75, 3.05) is 19.8 Å². The number of carbonyl (C=O) groups is 1. The first-order chi connectivity index (χ1) is 13.0. The first-order valence-corrected chi connectivity index (χ1v) is 8.74. The van der Waals surface area contributed by atoms with E-state index in [2.05, 4.69) is 10.5 Å². The van der Waals surface area contributed by atoms with Gasteiger partial charge in [0.2, 0.25) is 0 Å². The molecule has 27 heavy (non-hydrogen) atoms. The lowest BCUT2D eigenvalue weighted by atomic mass is 10.2. The predicted molar refractivity (Wildman–Crippen MR) is 103 cm³/mol. The second-order valence-electron chi connectivity index (χ2n) is 5.24. The van der Waals surface area contributed by atoms with Gasteiger partial charge < -0.3 is 19.3 Å². The molecule has 0 fully saturated rings. The standard InChI is InChI=1S/C19H21ClN2O5/c1-3-25-15-7-5-6-8-16(15)27-12-18(23)22-21-11-13-9-14(20)19(24)17(10-13)26-4-2/h5-11,24H,3-4,12H2,1-2H3,(H,22,23). The molecule has 2 rings (SSSR count). The Labute approximate surface area is 162 Å². The number of halogens is 1. The molecule has 7 nitrogen and oxygen atoms in total. The molecule has 0 radical (unpaired) electrons. The Morgan fingerprint density at radius 1 is 1.11 bits per heavy atom. The van der Waals surface area contributed by atoms with Crippen molar-refractivity contribution >= 4 is 23.7 Å². The van der Waals surface area contributed by atoms with E-state index in [1.807, 2.05) is 13.0 Å². The van der Waals surface area contributed by atoms with Crippen LogP contribution in [0.5, 0.6) is 23.0 Å². The molecule has 2 N–H and O–H groups in total.